The van der Waals surface area contributed by atoms with Crippen LogP contribution in [0.3, 0.4) is 0 Å². The number of halogens is 6. The van der Waals surface area contributed by atoms with Crippen molar-refractivity contribution < 1.29 is 31.1 Å². The highest BCUT2D eigenvalue weighted by molar-refractivity contribution is 5.87. The number of nitrogens with one attached hydrogen (secondary N) is 1. The van der Waals surface area contributed by atoms with E-state index in [-0.39, 0.29) is 18.2 Å². The van der Waals surface area contributed by atoms with E-state index in [1.807, 2.05) is 37.3 Å². The minimum atomic E-state index is -5.01. The minimum Gasteiger partial charge on any atom is -0.354 e. The van der Waals surface area contributed by atoms with Crippen molar-refractivity contribution in [2.45, 2.75) is 45.1 Å². The molecule has 0 saturated carbocycles. The number of piperazine rings is 1. The number of pyridine rings is 1. The summed E-state index contributed by atoms with van der Waals surface area (Å²) in [5, 5.41) is 2.73. The molecule has 1 N–H and O–H groups in total. The lowest BCUT2D eigenvalue weighted by Gasteiger charge is -2.33. The molecule has 3 aromatic rings. The number of aryl methyl sites for hydroxylation is 1. The summed E-state index contributed by atoms with van der Waals surface area (Å²) in [4.78, 5) is 22.3. The molecule has 1 aliphatic rings. The van der Waals surface area contributed by atoms with Crippen LogP contribution in [0.15, 0.2) is 54.7 Å². The van der Waals surface area contributed by atoms with Crippen LogP contribution in [0.4, 0.5) is 32.2 Å². The van der Waals surface area contributed by atoms with Gasteiger partial charge in [0.05, 0.1) is 16.5 Å². The van der Waals surface area contributed by atoms with Crippen molar-refractivity contribution in [2.24, 2.45) is 0 Å². The van der Waals surface area contributed by atoms with Gasteiger partial charge in [0.15, 0.2) is 0 Å². The van der Waals surface area contributed by atoms with Crippen molar-refractivity contribution in [3.63, 3.8) is 0 Å². The zero-order chi connectivity index (χ0) is 30.2. The van der Waals surface area contributed by atoms with E-state index in [2.05, 4.69) is 27.1 Å². The molecule has 1 aliphatic heterocycles. The van der Waals surface area contributed by atoms with Gasteiger partial charge < -0.3 is 15.1 Å². The molecule has 0 spiro atoms. The molecule has 1 saturated heterocycles. The molecule has 0 bridgehead atoms. The minimum absolute atomic E-state index is 0.0208. The predicted molar refractivity (Wildman–Crippen MR) is 145 cm³/mol. The van der Waals surface area contributed by atoms with Gasteiger partial charge in [0.1, 0.15) is 5.82 Å². The average molecular weight is 579 g/mol. The summed E-state index contributed by atoms with van der Waals surface area (Å²) >= 11 is 0. The third-order valence-electron chi connectivity index (χ3n) is 7.55. The van der Waals surface area contributed by atoms with Gasteiger partial charge in [-0.1, -0.05) is 24.3 Å². The number of carbonyl (C=O) groups is 1. The van der Waals surface area contributed by atoms with Crippen molar-refractivity contribution in [2.75, 3.05) is 38.1 Å². The van der Waals surface area contributed by atoms with Gasteiger partial charge in [-0.15, -0.1) is 0 Å². The monoisotopic (exact) mass is 578 g/mol. The molecule has 41 heavy (non-hydrogen) atoms. The Labute approximate surface area is 235 Å². The molecule has 1 aromatic heterocycles. The van der Waals surface area contributed by atoms with E-state index in [4.69, 9.17) is 0 Å². The Morgan fingerprint density at radius 3 is 1.98 bits per heavy atom. The first kappa shape index (κ1) is 30.4. The largest absolute Gasteiger partial charge is 0.416 e. The lowest BCUT2D eigenvalue weighted by atomic mass is 9.81. The molecular weight excluding hydrogens is 546 g/mol. The second-order valence-electron chi connectivity index (χ2n) is 10.9. The van der Waals surface area contributed by atoms with Crippen LogP contribution in [0.2, 0.25) is 0 Å². The van der Waals surface area contributed by atoms with Gasteiger partial charge in [-0.05, 0) is 79.9 Å². The van der Waals surface area contributed by atoms with Gasteiger partial charge in [-0.25, -0.2) is 4.98 Å². The highest BCUT2D eigenvalue weighted by Crippen LogP contribution is 2.39. The Morgan fingerprint density at radius 1 is 0.854 bits per heavy atom. The number of aromatic nitrogens is 1. The molecule has 11 heteroatoms. The molecular formula is C30H32F6N4O. The maximum Gasteiger partial charge on any atom is 0.416 e. The molecule has 5 nitrogen and oxygen atoms in total. The van der Waals surface area contributed by atoms with Gasteiger partial charge in [0.2, 0.25) is 5.91 Å². The number of anilines is 1. The van der Waals surface area contributed by atoms with Gasteiger partial charge in [-0.3, -0.25) is 4.79 Å². The number of amides is 1. The second-order valence-corrected chi connectivity index (χ2v) is 10.9. The molecule has 0 atom stereocenters. The fourth-order valence-corrected chi connectivity index (χ4v) is 4.79. The van der Waals surface area contributed by atoms with E-state index < -0.39 is 34.8 Å². The summed E-state index contributed by atoms with van der Waals surface area (Å²) in [7, 11) is 2.06. The predicted octanol–water partition coefficient (Wildman–Crippen LogP) is 6.44. The quantitative estimate of drug-likeness (QED) is 0.342. The number of nitrogens with zero attached hydrogens (tertiary/aromatic N) is 3. The summed E-state index contributed by atoms with van der Waals surface area (Å²) in [6, 6.07) is 10.9. The van der Waals surface area contributed by atoms with Crippen molar-refractivity contribution in [1.82, 2.24) is 15.2 Å². The summed E-state index contributed by atoms with van der Waals surface area (Å²) in [5.74, 6) is 0.0687. The van der Waals surface area contributed by atoms with Crippen LogP contribution < -0.4 is 10.2 Å². The number of benzene rings is 2. The smallest absolute Gasteiger partial charge is 0.354 e. The lowest BCUT2D eigenvalue weighted by molar-refractivity contribution is -0.143. The number of hydrogen-bond donors (Lipinski definition) is 1. The van der Waals surface area contributed by atoms with E-state index in [9.17, 15) is 31.1 Å². The third kappa shape index (κ3) is 6.83. The zero-order valence-corrected chi connectivity index (χ0v) is 23.2. The van der Waals surface area contributed by atoms with Crippen LogP contribution in [0.25, 0.3) is 11.1 Å². The summed E-state index contributed by atoms with van der Waals surface area (Å²) < 4.78 is 80.6. The van der Waals surface area contributed by atoms with Crippen LogP contribution in [0.5, 0.6) is 0 Å². The highest BCUT2D eigenvalue weighted by atomic mass is 19.4. The Balaban J connectivity index is 1.64. The second kappa shape index (κ2) is 11.3. The fraction of sp³-hybridized carbons (Fsp3) is 0.400. The third-order valence-corrected chi connectivity index (χ3v) is 7.55. The maximum atomic E-state index is 13.4. The van der Waals surface area contributed by atoms with Gasteiger partial charge in [0, 0.05) is 38.9 Å². The first-order valence-electron chi connectivity index (χ1n) is 13.1. The average Bonchev–Trinajstić information content (AvgIpc) is 2.91. The molecule has 0 unspecified atom stereocenters. The summed E-state index contributed by atoms with van der Waals surface area (Å²) in [6.07, 6.45) is -8.36. The Kier molecular flexibility index (Phi) is 8.40. The first-order valence-corrected chi connectivity index (χ1v) is 13.1. The zero-order valence-electron chi connectivity index (χ0n) is 23.2. The summed E-state index contributed by atoms with van der Waals surface area (Å²) in [5.41, 5.74) is -1.58. The van der Waals surface area contributed by atoms with Crippen molar-refractivity contribution >= 4 is 11.7 Å². The van der Waals surface area contributed by atoms with E-state index in [1.54, 1.807) is 6.20 Å². The number of rotatable bonds is 6. The van der Waals surface area contributed by atoms with E-state index in [0.29, 0.717) is 17.7 Å². The maximum absolute atomic E-state index is 13.4. The molecule has 1 amide bonds. The molecule has 0 aliphatic carbocycles. The topological polar surface area (TPSA) is 48.5 Å². The Bertz CT molecular complexity index is 1380. The Morgan fingerprint density at radius 2 is 1.41 bits per heavy atom. The molecule has 4 rings (SSSR count). The van der Waals surface area contributed by atoms with Gasteiger partial charge in [0.25, 0.3) is 0 Å². The van der Waals surface area contributed by atoms with Gasteiger partial charge in [-0.2, -0.15) is 26.3 Å². The Hall–Kier alpha value is -3.60. The van der Waals surface area contributed by atoms with Crippen LogP contribution >= 0.6 is 0 Å². The van der Waals surface area contributed by atoms with Crippen LogP contribution in [0, 0.1) is 6.92 Å². The number of carbonyl (C=O) groups excluding carboxylic acids is 1. The molecule has 2 aromatic carbocycles. The van der Waals surface area contributed by atoms with E-state index in [1.165, 1.54) is 13.8 Å². The van der Waals surface area contributed by atoms with Crippen LogP contribution in [-0.2, 0) is 29.1 Å². The first-order chi connectivity index (χ1) is 19.1. The lowest BCUT2D eigenvalue weighted by Crippen LogP contribution is -2.44. The highest BCUT2D eigenvalue weighted by Gasteiger charge is 2.40. The number of hydrogen-bond acceptors (Lipinski definition) is 4. The fourth-order valence-electron chi connectivity index (χ4n) is 4.79. The SMILES string of the molecule is Cc1ccccc1-c1cc(N2CCN(C)CC2)ncc1CNC(=O)C(C)(C)c1cc(C(F)(F)F)cc(C(F)(F)F)c1. The summed E-state index contributed by atoms with van der Waals surface area (Å²) in [6.45, 7) is 7.93. The molecule has 0 radical (unpaired) electrons. The van der Waals surface area contributed by atoms with Crippen LogP contribution in [0.1, 0.15) is 41.7 Å². The van der Waals surface area contributed by atoms with Gasteiger partial charge >= 0.3 is 12.4 Å². The van der Waals surface area contributed by atoms with Crippen molar-refractivity contribution in [3.8, 4) is 11.1 Å². The molecule has 220 valence electrons. The van der Waals surface area contributed by atoms with Crippen molar-refractivity contribution in [3.05, 3.63) is 82.5 Å². The molecule has 2 heterocycles. The van der Waals surface area contributed by atoms with E-state index in [0.717, 1.165) is 48.7 Å². The van der Waals surface area contributed by atoms with E-state index >= 15 is 0 Å². The standard InChI is InChI=1S/C30H32F6N4O/c1-19-7-5-6-8-24(19)25-16-26(40-11-9-39(4)10-12-40)37-17-20(25)18-38-27(41)28(2,3)21-13-22(29(31,32)33)15-23(14-21)30(34,35)36/h5-8,13-17H,9-12,18H2,1-4H3,(H,38,41). The number of alkyl halides is 6. The van der Waals surface area contributed by atoms with Crippen molar-refractivity contribution in [1.29, 1.82) is 0 Å². The number of likely N-dealkylation sites (N-methyl/N-ethyl adjacent to an activating group) is 1. The van der Waals surface area contributed by atoms with Crippen LogP contribution in [-0.4, -0.2) is 49.0 Å². The normalized spacial score (nSPS) is 15.2. The molecule has 1 fully saturated rings.